The van der Waals surface area contributed by atoms with Crippen LogP contribution in [0, 0.1) is 6.92 Å². The van der Waals surface area contributed by atoms with Crippen molar-refractivity contribution >= 4 is 0 Å². The Morgan fingerprint density at radius 1 is 0.884 bits per heavy atom. The molecule has 5 rings (SSSR count). The van der Waals surface area contributed by atoms with Crippen LogP contribution in [0.4, 0.5) is 0 Å². The molecule has 0 amide bonds. The molecule has 2 heterocycles. The number of methoxy groups -OCH3 is 3. The van der Waals surface area contributed by atoms with Gasteiger partial charge in [0.1, 0.15) is 23.2 Å². The topological polar surface area (TPSA) is 121 Å². The van der Waals surface area contributed by atoms with Gasteiger partial charge in [0, 0.05) is 25.3 Å². The van der Waals surface area contributed by atoms with E-state index in [-0.39, 0.29) is 13.0 Å². The highest BCUT2D eigenvalue weighted by atomic mass is 16.7. The molecule has 4 atom stereocenters. The minimum Gasteiger partial charge on any atom is -0.497 e. The first kappa shape index (κ1) is 30.2. The maximum Gasteiger partial charge on any atom is 0.328 e. The van der Waals surface area contributed by atoms with Crippen molar-refractivity contribution in [1.29, 1.82) is 0 Å². The lowest BCUT2D eigenvalue weighted by Crippen LogP contribution is -2.51. The molecule has 1 saturated heterocycles. The zero-order valence-corrected chi connectivity index (χ0v) is 24.6. The van der Waals surface area contributed by atoms with Crippen molar-refractivity contribution in [2.75, 3.05) is 27.9 Å². The minimum absolute atomic E-state index is 0.0136. The van der Waals surface area contributed by atoms with Crippen molar-refractivity contribution < 1.29 is 28.8 Å². The summed E-state index contributed by atoms with van der Waals surface area (Å²) in [4.78, 5) is 26.9. The van der Waals surface area contributed by atoms with Gasteiger partial charge in [-0.3, -0.25) is 14.3 Å². The second kappa shape index (κ2) is 13.0. The Morgan fingerprint density at radius 2 is 1.44 bits per heavy atom. The van der Waals surface area contributed by atoms with Gasteiger partial charge in [-0.1, -0.05) is 54.6 Å². The number of ether oxygens (including phenoxy) is 5. The molecule has 10 nitrogen and oxygen atoms in total. The fraction of sp³-hybridized carbons (Fsp3) is 0.333. The highest BCUT2D eigenvalue weighted by molar-refractivity contribution is 5.49. The lowest BCUT2D eigenvalue weighted by Gasteiger charge is -2.42. The number of hydrogen-bond donors (Lipinski definition) is 2. The lowest BCUT2D eigenvalue weighted by molar-refractivity contribution is -0.249. The van der Waals surface area contributed by atoms with Crippen LogP contribution in [0.25, 0.3) is 0 Å². The predicted octanol–water partition coefficient (Wildman–Crippen LogP) is 3.53. The van der Waals surface area contributed by atoms with Crippen LogP contribution in [0.3, 0.4) is 0 Å². The molecule has 0 aliphatic carbocycles. The van der Waals surface area contributed by atoms with Crippen molar-refractivity contribution in [1.82, 2.24) is 9.55 Å². The molecule has 0 bridgehead atoms. The molecular formula is C33H36N2O8. The molecule has 226 valence electrons. The van der Waals surface area contributed by atoms with Gasteiger partial charge in [-0.2, -0.15) is 0 Å². The molecular weight excluding hydrogens is 552 g/mol. The van der Waals surface area contributed by atoms with Gasteiger partial charge in [-0.25, -0.2) is 4.79 Å². The van der Waals surface area contributed by atoms with Gasteiger partial charge in [-0.15, -0.1) is 0 Å². The van der Waals surface area contributed by atoms with E-state index in [1.54, 1.807) is 21.1 Å². The van der Waals surface area contributed by atoms with E-state index in [0.29, 0.717) is 17.1 Å². The molecule has 10 heteroatoms. The van der Waals surface area contributed by atoms with Crippen LogP contribution in [0.5, 0.6) is 11.5 Å². The molecule has 1 aliphatic rings. The van der Waals surface area contributed by atoms with Gasteiger partial charge in [0.25, 0.3) is 5.56 Å². The number of aromatic nitrogens is 2. The first-order valence-electron chi connectivity index (χ1n) is 14.0. The van der Waals surface area contributed by atoms with E-state index in [9.17, 15) is 14.7 Å². The van der Waals surface area contributed by atoms with E-state index in [4.69, 9.17) is 23.7 Å². The average Bonchev–Trinajstić information content (AvgIpc) is 3.04. The smallest absolute Gasteiger partial charge is 0.328 e. The number of aliphatic hydroxyl groups excluding tert-OH is 1. The lowest BCUT2D eigenvalue weighted by atomic mass is 9.80. The second-order valence-electron chi connectivity index (χ2n) is 10.4. The van der Waals surface area contributed by atoms with E-state index >= 15 is 0 Å². The first-order valence-corrected chi connectivity index (χ1v) is 14.0. The molecule has 43 heavy (non-hydrogen) atoms. The molecule has 4 aromatic rings. The van der Waals surface area contributed by atoms with Gasteiger partial charge in [0.15, 0.2) is 6.29 Å². The zero-order chi connectivity index (χ0) is 30.6. The van der Waals surface area contributed by atoms with Crippen LogP contribution in [-0.2, 0) is 19.8 Å². The first-order chi connectivity index (χ1) is 20.8. The summed E-state index contributed by atoms with van der Waals surface area (Å²) in [7, 11) is 4.70. The number of aromatic amines is 1. The molecule has 0 saturated carbocycles. The molecule has 1 unspecified atom stereocenters. The predicted molar refractivity (Wildman–Crippen MR) is 160 cm³/mol. The number of nitrogens with one attached hydrogen (secondary N) is 1. The third-order valence-electron chi connectivity index (χ3n) is 7.91. The van der Waals surface area contributed by atoms with Crippen molar-refractivity contribution in [3.63, 3.8) is 0 Å². The Labute approximate surface area is 249 Å². The summed E-state index contributed by atoms with van der Waals surface area (Å²) in [6.45, 7) is 1.59. The molecule has 0 spiro atoms. The number of benzene rings is 3. The Morgan fingerprint density at radius 3 is 1.98 bits per heavy atom. The van der Waals surface area contributed by atoms with Gasteiger partial charge in [0.05, 0.1) is 33.0 Å². The number of hydrogen-bond acceptors (Lipinski definition) is 8. The molecule has 2 N–H and O–H groups in total. The Bertz CT molecular complexity index is 1570. The van der Waals surface area contributed by atoms with Crippen LogP contribution in [0.1, 0.15) is 34.7 Å². The van der Waals surface area contributed by atoms with Crippen LogP contribution in [0.15, 0.2) is 94.6 Å². The summed E-state index contributed by atoms with van der Waals surface area (Å²) in [6.07, 6.45) is -1.08. The summed E-state index contributed by atoms with van der Waals surface area (Å²) in [6, 6.07) is 24.5. The van der Waals surface area contributed by atoms with Crippen LogP contribution < -0.4 is 20.7 Å². The van der Waals surface area contributed by atoms with E-state index < -0.39 is 41.4 Å². The quantitative estimate of drug-likeness (QED) is 0.270. The number of aliphatic hydroxyl groups is 1. The summed E-state index contributed by atoms with van der Waals surface area (Å²) in [5.41, 5.74) is 0.740. The van der Waals surface area contributed by atoms with E-state index in [2.05, 4.69) is 4.98 Å². The fourth-order valence-electron chi connectivity index (χ4n) is 5.59. The maximum atomic E-state index is 12.6. The van der Waals surface area contributed by atoms with Crippen molar-refractivity contribution in [2.24, 2.45) is 0 Å². The Kier molecular flexibility index (Phi) is 9.12. The molecule has 1 fully saturated rings. The highest BCUT2D eigenvalue weighted by Gasteiger charge is 2.43. The summed E-state index contributed by atoms with van der Waals surface area (Å²) in [5, 5.41) is 11.3. The largest absolute Gasteiger partial charge is 0.497 e. The van der Waals surface area contributed by atoms with E-state index in [0.717, 1.165) is 16.7 Å². The van der Waals surface area contributed by atoms with Crippen LogP contribution in [-0.4, -0.2) is 61.1 Å². The number of H-pyrrole nitrogens is 1. The van der Waals surface area contributed by atoms with Crippen LogP contribution in [0.2, 0.25) is 0 Å². The molecule has 1 aliphatic heterocycles. The summed E-state index contributed by atoms with van der Waals surface area (Å²) < 4.78 is 30.9. The maximum absolute atomic E-state index is 12.6. The molecule has 0 radical (unpaired) electrons. The number of nitrogens with zero attached hydrogens (tertiary/aromatic N) is 1. The standard InChI is InChI=1S/C33H36N2O8/c1-21-19-35(32(38)34-30(21)37)27-18-28(36)29(43-31(27)41-4)20-42-33(22-8-6-5-7-9-22,23-10-14-25(39-2)15-11-23)24-12-16-26(40-3)17-13-24/h5-17,19,27-29,31,36H,18,20H2,1-4H3,(H,34,37,38)/t27-,28+,29-,31?/m1/s1. The Hall–Kier alpha value is -4.22. The monoisotopic (exact) mass is 588 g/mol. The fourth-order valence-corrected chi connectivity index (χ4v) is 5.59. The normalized spacial score (nSPS) is 20.5. The zero-order valence-electron chi connectivity index (χ0n) is 24.6. The van der Waals surface area contributed by atoms with Gasteiger partial charge in [0.2, 0.25) is 0 Å². The van der Waals surface area contributed by atoms with Gasteiger partial charge < -0.3 is 28.8 Å². The molecule has 3 aromatic carbocycles. The third kappa shape index (κ3) is 6.00. The van der Waals surface area contributed by atoms with Crippen molar-refractivity contribution in [3.8, 4) is 11.5 Å². The SMILES string of the molecule is COc1ccc(C(OC[C@H]2OC(OC)[C@H](n3cc(C)c(=O)[nH]c3=O)C[C@@H]2O)(c2ccccc2)c2ccc(OC)cc2)cc1. The second-order valence-corrected chi connectivity index (χ2v) is 10.4. The van der Waals surface area contributed by atoms with Gasteiger partial charge >= 0.3 is 5.69 Å². The van der Waals surface area contributed by atoms with Gasteiger partial charge in [-0.05, 0) is 47.9 Å². The molecule has 1 aromatic heterocycles. The summed E-state index contributed by atoms with van der Waals surface area (Å²) >= 11 is 0. The van der Waals surface area contributed by atoms with E-state index in [1.807, 2.05) is 78.9 Å². The van der Waals surface area contributed by atoms with Crippen molar-refractivity contribution in [2.45, 2.75) is 43.5 Å². The minimum atomic E-state index is -1.10. The van der Waals surface area contributed by atoms with E-state index in [1.165, 1.54) is 17.9 Å². The highest BCUT2D eigenvalue weighted by Crippen LogP contribution is 2.42. The summed E-state index contributed by atoms with van der Waals surface area (Å²) in [5.74, 6) is 1.40. The Balaban J connectivity index is 1.52. The van der Waals surface area contributed by atoms with Crippen LogP contribution >= 0.6 is 0 Å². The number of rotatable bonds is 10. The van der Waals surface area contributed by atoms with Crippen molar-refractivity contribution in [3.05, 3.63) is 128 Å². The number of aryl methyl sites for hydroxylation is 1. The third-order valence-corrected chi connectivity index (χ3v) is 7.91. The average molecular weight is 589 g/mol.